The van der Waals surface area contributed by atoms with Crippen molar-refractivity contribution in [3.05, 3.63) is 35.9 Å². The molecule has 1 amide bonds. The molecule has 1 saturated carbocycles. The first-order valence-electron chi connectivity index (χ1n) is 8.35. The van der Waals surface area contributed by atoms with Crippen molar-refractivity contribution in [3.8, 4) is 0 Å². The lowest BCUT2D eigenvalue weighted by Gasteiger charge is -2.36. The van der Waals surface area contributed by atoms with Gasteiger partial charge in [0, 0.05) is 11.5 Å². The Morgan fingerprint density at radius 2 is 1.86 bits per heavy atom. The summed E-state index contributed by atoms with van der Waals surface area (Å²) in [5.41, 5.74) is 0.653. The monoisotopic (exact) mass is 301 g/mol. The standard InChI is InChI=1S/C19H27NO2/c1-13(2)16-10-9-14(3)11-17(16)19(22)20-12-18(21)15-7-5-4-6-8-15/h4-8,13-14,16-17H,9-12H2,1-3H3,(H,20,22)/t14?,16-,17?/m0/s1. The van der Waals surface area contributed by atoms with Crippen LogP contribution in [0.15, 0.2) is 30.3 Å². The van der Waals surface area contributed by atoms with Gasteiger partial charge in [-0.2, -0.15) is 0 Å². The van der Waals surface area contributed by atoms with Crippen LogP contribution in [0.3, 0.4) is 0 Å². The van der Waals surface area contributed by atoms with Crippen LogP contribution >= 0.6 is 0 Å². The zero-order valence-electron chi connectivity index (χ0n) is 13.8. The summed E-state index contributed by atoms with van der Waals surface area (Å²) in [5, 5.41) is 2.87. The minimum absolute atomic E-state index is 0.0288. The third-order valence-corrected chi connectivity index (χ3v) is 4.88. The van der Waals surface area contributed by atoms with E-state index in [9.17, 15) is 9.59 Å². The summed E-state index contributed by atoms with van der Waals surface area (Å²) in [5.74, 6) is 1.60. The summed E-state index contributed by atoms with van der Waals surface area (Å²) >= 11 is 0. The lowest BCUT2D eigenvalue weighted by Crippen LogP contribution is -2.41. The van der Waals surface area contributed by atoms with Crippen LogP contribution in [0.25, 0.3) is 0 Å². The summed E-state index contributed by atoms with van der Waals surface area (Å²) in [7, 11) is 0. The van der Waals surface area contributed by atoms with Crippen molar-refractivity contribution in [3.63, 3.8) is 0 Å². The molecule has 120 valence electrons. The Kier molecular flexibility index (Phi) is 5.76. The molecule has 3 heteroatoms. The van der Waals surface area contributed by atoms with Gasteiger partial charge >= 0.3 is 0 Å². The summed E-state index contributed by atoms with van der Waals surface area (Å²) in [6.45, 7) is 6.69. The highest BCUT2D eigenvalue weighted by molar-refractivity contribution is 5.99. The van der Waals surface area contributed by atoms with E-state index in [1.807, 2.05) is 18.2 Å². The number of hydrogen-bond acceptors (Lipinski definition) is 2. The van der Waals surface area contributed by atoms with E-state index in [4.69, 9.17) is 0 Å². The lowest BCUT2D eigenvalue weighted by molar-refractivity contribution is -0.129. The first-order valence-corrected chi connectivity index (χ1v) is 8.35. The highest BCUT2D eigenvalue weighted by Crippen LogP contribution is 2.38. The van der Waals surface area contributed by atoms with Gasteiger partial charge in [0.1, 0.15) is 0 Å². The second kappa shape index (κ2) is 7.57. The number of hydrogen-bond donors (Lipinski definition) is 1. The number of carbonyl (C=O) groups excluding carboxylic acids is 2. The molecule has 1 N–H and O–H groups in total. The number of nitrogens with one attached hydrogen (secondary N) is 1. The zero-order valence-corrected chi connectivity index (χ0v) is 13.8. The number of ketones is 1. The minimum atomic E-state index is -0.0288. The molecule has 0 aliphatic heterocycles. The van der Waals surface area contributed by atoms with E-state index < -0.39 is 0 Å². The Hall–Kier alpha value is -1.64. The van der Waals surface area contributed by atoms with Crippen molar-refractivity contribution in [2.24, 2.45) is 23.7 Å². The van der Waals surface area contributed by atoms with Gasteiger partial charge < -0.3 is 5.32 Å². The first kappa shape index (κ1) is 16.7. The summed E-state index contributed by atoms with van der Waals surface area (Å²) in [6.07, 6.45) is 3.26. The molecular weight excluding hydrogens is 274 g/mol. The maximum atomic E-state index is 12.5. The van der Waals surface area contributed by atoms with Crippen LogP contribution in [0.1, 0.15) is 50.4 Å². The topological polar surface area (TPSA) is 46.2 Å². The molecule has 0 radical (unpaired) electrons. The first-order chi connectivity index (χ1) is 10.5. The lowest BCUT2D eigenvalue weighted by atomic mass is 9.70. The Morgan fingerprint density at radius 3 is 2.50 bits per heavy atom. The third kappa shape index (κ3) is 4.19. The van der Waals surface area contributed by atoms with Crippen LogP contribution in [0.4, 0.5) is 0 Å². The molecule has 3 nitrogen and oxygen atoms in total. The van der Waals surface area contributed by atoms with E-state index in [0.717, 1.165) is 12.8 Å². The van der Waals surface area contributed by atoms with Gasteiger partial charge in [0.05, 0.1) is 6.54 Å². The summed E-state index contributed by atoms with van der Waals surface area (Å²) in [4.78, 5) is 24.6. The molecule has 2 unspecified atom stereocenters. The Labute approximate surface area is 133 Å². The predicted molar refractivity (Wildman–Crippen MR) is 88.6 cm³/mol. The van der Waals surface area contributed by atoms with E-state index in [1.54, 1.807) is 12.1 Å². The maximum Gasteiger partial charge on any atom is 0.223 e. The number of benzene rings is 1. The van der Waals surface area contributed by atoms with E-state index in [2.05, 4.69) is 26.1 Å². The van der Waals surface area contributed by atoms with Gasteiger partial charge in [-0.05, 0) is 30.6 Å². The molecule has 0 aromatic heterocycles. The second-order valence-corrected chi connectivity index (χ2v) is 6.94. The molecule has 0 heterocycles. The summed E-state index contributed by atoms with van der Waals surface area (Å²) in [6, 6.07) is 9.13. The molecule has 0 spiro atoms. The predicted octanol–water partition coefficient (Wildman–Crippen LogP) is 3.69. The van der Waals surface area contributed by atoms with Gasteiger partial charge in [-0.1, -0.05) is 57.5 Å². The van der Waals surface area contributed by atoms with Crippen molar-refractivity contribution in [2.75, 3.05) is 6.54 Å². The van der Waals surface area contributed by atoms with Crippen LogP contribution in [0.5, 0.6) is 0 Å². The second-order valence-electron chi connectivity index (χ2n) is 6.94. The maximum absolute atomic E-state index is 12.5. The number of rotatable bonds is 5. The molecule has 0 bridgehead atoms. The fourth-order valence-electron chi connectivity index (χ4n) is 3.53. The number of carbonyl (C=O) groups is 2. The summed E-state index contributed by atoms with van der Waals surface area (Å²) < 4.78 is 0. The van der Waals surface area contributed by atoms with Gasteiger partial charge in [0.2, 0.25) is 5.91 Å². The van der Waals surface area contributed by atoms with Gasteiger partial charge in [-0.3, -0.25) is 9.59 Å². The molecule has 1 fully saturated rings. The highest BCUT2D eigenvalue weighted by atomic mass is 16.2. The van der Waals surface area contributed by atoms with Crippen LogP contribution in [0, 0.1) is 23.7 Å². The van der Waals surface area contributed by atoms with Crippen molar-refractivity contribution in [1.82, 2.24) is 5.32 Å². The molecule has 0 saturated heterocycles. The van der Waals surface area contributed by atoms with Crippen LogP contribution in [-0.2, 0) is 4.79 Å². The molecule has 3 atom stereocenters. The largest absolute Gasteiger partial charge is 0.348 e. The fourth-order valence-corrected chi connectivity index (χ4v) is 3.53. The quantitative estimate of drug-likeness (QED) is 0.843. The van der Waals surface area contributed by atoms with Gasteiger partial charge in [-0.15, -0.1) is 0 Å². The van der Waals surface area contributed by atoms with Crippen molar-refractivity contribution < 1.29 is 9.59 Å². The average Bonchev–Trinajstić information content (AvgIpc) is 2.52. The van der Waals surface area contributed by atoms with Crippen molar-refractivity contribution in [1.29, 1.82) is 0 Å². The van der Waals surface area contributed by atoms with Crippen molar-refractivity contribution >= 4 is 11.7 Å². The molecule has 22 heavy (non-hydrogen) atoms. The molecule has 1 aliphatic carbocycles. The average molecular weight is 301 g/mol. The molecular formula is C19H27NO2. The van der Waals surface area contributed by atoms with Gasteiger partial charge in [0.15, 0.2) is 5.78 Å². The fraction of sp³-hybridized carbons (Fsp3) is 0.579. The molecule has 1 aromatic carbocycles. The van der Waals surface area contributed by atoms with Gasteiger partial charge in [-0.25, -0.2) is 0 Å². The van der Waals surface area contributed by atoms with E-state index in [1.165, 1.54) is 6.42 Å². The zero-order chi connectivity index (χ0) is 16.1. The third-order valence-electron chi connectivity index (χ3n) is 4.88. The van der Waals surface area contributed by atoms with E-state index in [-0.39, 0.29) is 24.2 Å². The normalized spacial score (nSPS) is 25.0. The Morgan fingerprint density at radius 1 is 1.18 bits per heavy atom. The van der Waals surface area contributed by atoms with E-state index in [0.29, 0.717) is 23.3 Å². The van der Waals surface area contributed by atoms with Crippen LogP contribution < -0.4 is 5.32 Å². The van der Waals surface area contributed by atoms with Gasteiger partial charge in [0.25, 0.3) is 0 Å². The SMILES string of the molecule is CC1CC[C@@H](C(C)C)C(C(=O)NCC(=O)c2ccccc2)C1. The van der Waals surface area contributed by atoms with Crippen LogP contribution in [-0.4, -0.2) is 18.2 Å². The molecule has 1 aliphatic rings. The highest BCUT2D eigenvalue weighted by Gasteiger charge is 2.35. The van der Waals surface area contributed by atoms with Crippen LogP contribution in [0.2, 0.25) is 0 Å². The number of Topliss-reactive ketones (excluding diaryl/α,β-unsaturated/α-hetero) is 1. The minimum Gasteiger partial charge on any atom is -0.348 e. The van der Waals surface area contributed by atoms with Crippen molar-refractivity contribution in [2.45, 2.75) is 40.0 Å². The van der Waals surface area contributed by atoms with E-state index >= 15 is 0 Å². The molecule has 1 aromatic rings. The number of amides is 1. The molecule has 2 rings (SSSR count). The Bertz CT molecular complexity index is 509. The Balaban J connectivity index is 1.94. The smallest absolute Gasteiger partial charge is 0.223 e.